The van der Waals surface area contributed by atoms with Crippen molar-refractivity contribution in [1.82, 2.24) is 20.4 Å². The highest BCUT2D eigenvalue weighted by Gasteiger charge is 2.28. The Kier molecular flexibility index (Phi) is 7.23. The van der Waals surface area contributed by atoms with E-state index < -0.39 is 0 Å². The second kappa shape index (κ2) is 9.17. The van der Waals surface area contributed by atoms with Gasteiger partial charge in [-0.25, -0.2) is 4.79 Å². The van der Waals surface area contributed by atoms with Gasteiger partial charge >= 0.3 is 6.03 Å². The van der Waals surface area contributed by atoms with E-state index in [0.717, 1.165) is 38.4 Å². The molecule has 0 saturated carbocycles. The maximum absolute atomic E-state index is 12.5. The average molecular weight is 348 g/mol. The fraction of sp³-hybridized carbons (Fsp3) is 0.632. The lowest BCUT2D eigenvalue weighted by Gasteiger charge is -2.40. The lowest BCUT2D eigenvalue weighted by molar-refractivity contribution is -0.00877. The largest absolute Gasteiger partial charge is 0.379 e. The second-order valence-corrected chi connectivity index (χ2v) is 7.46. The number of amides is 2. The first-order chi connectivity index (χ1) is 11.9. The molecule has 6 nitrogen and oxygen atoms in total. The quantitative estimate of drug-likeness (QED) is 0.787. The van der Waals surface area contributed by atoms with Crippen molar-refractivity contribution in [1.29, 1.82) is 0 Å². The maximum atomic E-state index is 12.5. The molecule has 1 saturated heterocycles. The van der Waals surface area contributed by atoms with Crippen molar-refractivity contribution in [2.45, 2.75) is 25.4 Å². The van der Waals surface area contributed by atoms with E-state index >= 15 is 0 Å². The summed E-state index contributed by atoms with van der Waals surface area (Å²) in [5.74, 6) is 0. The molecule has 0 aliphatic carbocycles. The maximum Gasteiger partial charge on any atom is 0.315 e. The highest BCUT2D eigenvalue weighted by molar-refractivity contribution is 5.74. The van der Waals surface area contributed by atoms with E-state index in [2.05, 4.69) is 34.3 Å². The molecule has 0 radical (unpaired) electrons. The number of nitrogens with zero attached hydrogens (tertiary/aromatic N) is 2. The normalized spacial score (nSPS) is 17.3. The molecule has 0 aromatic heterocycles. The SMILES string of the molecule is CN(C)CC(NC(=O)NCC(C)(C)N1CCOCC1)c1ccccc1. The Morgan fingerprint density at radius 3 is 2.48 bits per heavy atom. The van der Waals surface area contributed by atoms with Gasteiger partial charge in [-0.3, -0.25) is 4.90 Å². The van der Waals surface area contributed by atoms with Gasteiger partial charge in [0.15, 0.2) is 0 Å². The predicted octanol–water partition coefficient (Wildman–Crippen LogP) is 1.70. The Labute approximate surface area is 151 Å². The van der Waals surface area contributed by atoms with Crippen molar-refractivity contribution >= 4 is 6.03 Å². The summed E-state index contributed by atoms with van der Waals surface area (Å²) in [5.41, 5.74) is 1.02. The van der Waals surface area contributed by atoms with E-state index in [4.69, 9.17) is 4.74 Å². The first kappa shape index (κ1) is 19.7. The van der Waals surface area contributed by atoms with Crippen LogP contribution in [0.25, 0.3) is 0 Å². The summed E-state index contributed by atoms with van der Waals surface area (Å²) in [4.78, 5) is 16.9. The van der Waals surface area contributed by atoms with Crippen LogP contribution in [-0.2, 0) is 4.74 Å². The third kappa shape index (κ3) is 6.30. The number of morpholine rings is 1. The summed E-state index contributed by atoms with van der Waals surface area (Å²) in [7, 11) is 4.02. The Morgan fingerprint density at radius 1 is 1.24 bits per heavy atom. The Hall–Kier alpha value is -1.63. The molecule has 140 valence electrons. The first-order valence-electron chi connectivity index (χ1n) is 8.95. The molecule has 0 bridgehead atoms. The molecule has 25 heavy (non-hydrogen) atoms. The number of hydrogen-bond donors (Lipinski definition) is 2. The van der Waals surface area contributed by atoms with E-state index in [1.54, 1.807) is 0 Å². The molecule has 0 spiro atoms. The number of carbonyl (C=O) groups excluding carboxylic acids is 1. The molecule has 2 amide bonds. The molecule has 1 aliphatic rings. The molecule has 2 N–H and O–H groups in total. The van der Waals surface area contributed by atoms with Crippen molar-refractivity contribution in [2.75, 3.05) is 53.5 Å². The summed E-state index contributed by atoms with van der Waals surface area (Å²) < 4.78 is 5.41. The molecule has 1 aromatic carbocycles. The monoisotopic (exact) mass is 348 g/mol. The molecule has 1 aromatic rings. The van der Waals surface area contributed by atoms with Crippen LogP contribution in [0.15, 0.2) is 30.3 Å². The number of carbonyl (C=O) groups is 1. The second-order valence-electron chi connectivity index (χ2n) is 7.46. The fourth-order valence-corrected chi connectivity index (χ4v) is 3.07. The summed E-state index contributed by atoms with van der Waals surface area (Å²) >= 11 is 0. The van der Waals surface area contributed by atoms with Crippen LogP contribution in [0.1, 0.15) is 25.5 Å². The topological polar surface area (TPSA) is 56.8 Å². The van der Waals surface area contributed by atoms with Gasteiger partial charge in [0.25, 0.3) is 0 Å². The van der Waals surface area contributed by atoms with E-state index in [1.807, 2.05) is 44.4 Å². The van der Waals surface area contributed by atoms with E-state index in [9.17, 15) is 4.79 Å². The van der Waals surface area contributed by atoms with Gasteiger partial charge in [0.1, 0.15) is 0 Å². The average Bonchev–Trinajstić information content (AvgIpc) is 2.61. The number of nitrogens with one attached hydrogen (secondary N) is 2. The van der Waals surface area contributed by atoms with E-state index in [-0.39, 0.29) is 17.6 Å². The minimum Gasteiger partial charge on any atom is -0.379 e. The summed E-state index contributed by atoms with van der Waals surface area (Å²) in [6.07, 6.45) is 0. The van der Waals surface area contributed by atoms with Gasteiger partial charge in [-0.05, 0) is 33.5 Å². The molecule has 6 heteroatoms. The third-order valence-corrected chi connectivity index (χ3v) is 4.60. The third-order valence-electron chi connectivity index (χ3n) is 4.60. The highest BCUT2D eigenvalue weighted by atomic mass is 16.5. The van der Waals surface area contributed by atoms with Gasteiger partial charge in [0.2, 0.25) is 0 Å². The van der Waals surface area contributed by atoms with Crippen LogP contribution >= 0.6 is 0 Å². The zero-order valence-corrected chi connectivity index (χ0v) is 15.9. The Bertz CT molecular complexity index is 527. The van der Waals surface area contributed by atoms with Crippen LogP contribution in [0.2, 0.25) is 0 Å². The summed E-state index contributed by atoms with van der Waals surface area (Å²) in [5, 5.41) is 6.15. The molecule has 2 rings (SSSR count). The molecule has 1 aliphatic heterocycles. The van der Waals surface area contributed by atoms with Gasteiger partial charge in [-0.2, -0.15) is 0 Å². The lowest BCUT2D eigenvalue weighted by Crippen LogP contribution is -2.56. The number of rotatable bonds is 7. The van der Waals surface area contributed by atoms with Gasteiger partial charge < -0.3 is 20.3 Å². The van der Waals surface area contributed by atoms with E-state index in [0.29, 0.717) is 6.54 Å². The molecular formula is C19H32N4O2. The standard InChI is InChI=1S/C19H32N4O2/c1-19(2,23-10-12-25-13-11-23)15-20-18(24)21-17(14-22(3)4)16-8-6-5-7-9-16/h5-9,17H,10-15H2,1-4H3,(H2,20,21,24). The van der Waals surface area contributed by atoms with Gasteiger partial charge in [0, 0.05) is 31.7 Å². The van der Waals surface area contributed by atoms with Crippen LogP contribution in [-0.4, -0.2) is 74.9 Å². The number of hydrogen-bond acceptors (Lipinski definition) is 4. The van der Waals surface area contributed by atoms with Crippen molar-refractivity contribution in [3.63, 3.8) is 0 Å². The number of urea groups is 1. The molecule has 1 fully saturated rings. The highest BCUT2D eigenvalue weighted by Crippen LogP contribution is 2.16. The number of benzene rings is 1. The van der Waals surface area contributed by atoms with Gasteiger partial charge in [0.05, 0.1) is 19.3 Å². The number of likely N-dealkylation sites (N-methyl/N-ethyl adjacent to an activating group) is 1. The van der Waals surface area contributed by atoms with Crippen LogP contribution in [0.3, 0.4) is 0 Å². The van der Waals surface area contributed by atoms with Crippen molar-refractivity contribution < 1.29 is 9.53 Å². The first-order valence-corrected chi connectivity index (χ1v) is 8.95. The van der Waals surface area contributed by atoms with Crippen LogP contribution in [0.5, 0.6) is 0 Å². The van der Waals surface area contributed by atoms with Crippen LogP contribution < -0.4 is 10.6 Å². The molecule has 1 atom stereocenters. The van der Waals surface area contributed by atoms with Crippen LogP contribution in [0, 0.1) is 0 Å². The summed E-state index contributed by atoms with van der Waals surface area (Å²) in [6, 6.07) is 9.91. The minimum atomic E-state index is -0.128. The Morgan fingerprint density at radius 2 is 1.88 bits per heavy atom. The zero-order valence-electron chi connectivity index (χ0n) is 15.9. The smallest absolute Gasteiger partial charge is 0.315 e. The van der Waals surface area contributed by atoms with Crippen molar-refractivity contribution in [3.8, 4) is 0 Å². The lowest BCUT2D eigenvalue weighted by atomic mass is 10.0. The van der Waals surface area contributed by atoms with Crippen molar-refractivity contribution in [3.05, 3.63) is 35.9 Å². The van der Waals surface area contributed by atoms with Crippen LogP contribution in [0.4, 0.5) is 4.79 Å². The minimum absolute atomic E-state index is 0.0392. The molecule has 1 heterocycles. The molecule has 1 unspecified atom stereocenters. The molecular weight excluding hydrogens is 316 g/mol. The number of ether oxygens (including phenoxy) is 1. The van der Waals surface area contributed by atoms with Gasteiger partial charge in [-0.1, -0.05) is 30.3 Å². The van der Waals surface area contributed by atoms with Crippen molar-refractivity contribution in [2.24, 2.45) is 0 Å². The fourth-order valence-electron chi connectivity index (χ4n) is 3.07. The Balaban J connectivity index is 1.90. The summed E-state index contributed by atoms with van der Waals surface area (Å²) in [6.45, 7) is 9.00. The van der Waals surface area contributed by atoms with E-state index in [1.165, 1.54) is 0 Å². The zero-order chi connectivity index (χ0) is 18.3. The predicted molar refractivity (Wildman–Crippen MR) is 101 cm³/mol. The van der Waals surface area contributed by atoms with Gasteiger partial charge in [-0.15, -0.1) is 0 Å².